The van der Waals surface area contributed by atoms with E-state index in [-0.39, 0.29) is 28.4 Å². The van der Waals surface area contributed by atoms with Crippen molar-refractivity contribution < 1.29 is 9.90 Å². The van der Waals surface area contributed by atoms with E-state index in [2.05, 4.69) is 15.2 Å². The minimum atomic E-state index is -0.611. The Hall–Kier alpha value is -2.12. The summed E-state index contributed by atoms with van der Waals surface area (Å²) in [5.74, 6) is -0.0169. The second kappa shape index (κ2) is 6.55. The number of H-pyrrole nitrogens is 1. The number of aromatic amines is 1. The van der Waals surface area contributed by atoms with Crippen LogP contribution in [0.2, 0.25) is 5.02 Å². The number of nitrogens with one attached hydrogen (secondary N) is 1. The number of rotatable bonds is 3. The van der Waals surface area contributed by atoms with Crippen molar-refractivity contribution in [3.05, 3.63) is 40.8 Å². The second-order valence-electron chi connectivity index (χ2n) is 5.63. The predicted molar refractivity (Wildman–Crippen MR) is 85.8 cm³/mol. The highest BCUT2D eigenvalue weighted by atomic mass is 35.5. The number of nitrogens with two attached hydrogens (primary N) is 1. The first-order chi connectivity index (χ1) is 11.1. The molecule has 1 saturated heterocycles. The minimum Gasteiger partial charge on any atom is -0.387 e. The molecule has 1 aliphatic heterocycles. The van der Waals surface area contributed by atoms with Gasteiger partial charge in [-0.3, -0.25) is 14.9 Å². The van der Waals surface area contributed by atoms with E-state index in [0.29, 0.717) is 31.6 Å². The van der Waals surface area contributed by atoms with Gasteiger partial charge in [-0.25, -0.2) is 0 Å². The molecule has 23 heavy (non-hydrogen) atoms. The fourth-order valence-electron chi connectivity index (χ4n) is 2.85. The molecule has 1 amide bonds. The fraction of sp³-hybridized carbons (Fsp3) is 0.400. The lowest BCUT2D eigenvalue weighted by Crippen LogP contribution is -2.40. The normalized spacial score (nSPS) is 17.2. The van der Waals surface area contributed by atoms with E-state index in [1.165, 1.54) is 0 Å². The van der Waals surface area contributed by atoms with Crippen molar-refractivity contribution in [3.8, 4) is 0 Å². The summed E-state index contributed by atoms with van der Waals surface area (Å²) in [5, 5.41) is 16.9. The summed E-state index contributed by atoms with van der Waals surface area (Å²) in [6.07, 6.45) is 2.46. The maximum Gasteiger partial charge on any atom is 0.273 e. The van der Waals surface area contributed by atoms with Crippen LogP contribution in [0.1, 0.15) is 35.1 Å². The van der Waals surface area contributed by atoms with Gasteiger partial charge in [0.25, 0.3) is 5.91 Å². The summed E-state index contributed by atoms with van der Waals surface area (Å²) in [6, 6.07) is 5.49. The van der Waals surface area contributed by atoms with Gasteiger partial charge in [0.2, 0.25) is 0 Å². The Labute approximate surface area is 138 Å². The quantitative estimate of drug-likeness (QED) is 0.790. The first-order valence-corrected chi connectivity index (χ1v) is 7.83. The zero-order valence-electron chi connectivity index (χ0n) is 12.4. The molecule has 0 bridgehead atoms. The summed E-state index contributed by atoms with van der Waals surface area (Å²) in [7, 11) is 0. The average Bonchev–Trinajstić information content (AvgIpc) is 2.94. The van der Waals surface area contributed by atoms with Crippen LogP contribution in [0.4, 0.5) is 5.82 Å². The van der Waals surface area contributed by atoms with Crippen molar-refractivity contribution in [3.63, 3.8) is 0 Å². The van der Waals surface area contributed by atoms with Gasteiger partial charge >= 0.3 is 0 Å². The number of piperidine rings is 1. The third-order valence-electron chi connectivity index (χ3n) is 4.21. The van der Waals surface area contributed by atoms with Gasteiger partial charge in [0.05, 0.1) is 11.8 Å². The first kappa shape index (κ1) is 15.8. The number of carbonyl (C=O) groups excluding carboxylic acids is 1. The first-order valence-electron chi connectivity index (χ1n) is 7.45. The standard InChI is InChI=1S/C15H18ClN5O2/c16-11-12(19-20-14(11)17)15(23)21-7-4-9(5-8-21)13(22)10-3-1-2-6-18-10/h1-3,6,9,13,22H,4-5,7-8H2,(H3,17,19,20)/t13-/m0/s1. The van der Waals surface area contributed by atoms with Gasteiger partial charge in [-0.05, 0) is 30.9 Å². The Kier molecular flexibility index (Phi) is 4.49. The minimum absolute atomic E-state index is 0.0799. The van der Waals surface area contributed by atoms with Gasteiger partial charge in [0.15, 0.2) is 5.82 Å². The summed E-state index contributed by atoms with van der Waals surface area (Å²) in [6.45, 7) is 1.09. The number of aliphatic hydroxyl groups excluding tert-OH is 1. The van der Waals surface area contributed by atoms with Crippen molar-refractivity contribution in [1.82, 2.24) is 20.1 Å². The molecule has 1 aliphatic rings. The largest absolute Gasteiger partial charge is 0.387 e. The van der Waals surface area contributed by atoms with E-state index >= 15 is 0 Å². The molecule has 1 fully saturated rings. The summed E-state index contributed by atoms with van der Waals surface area (Å²) < 4.78 is 0. The maximum atomic E-state index is 12.4. The fourth-order valence-corrected chi connectivity index (χ4v) is 3.02. The molecule has 2 aromatic rings. The molecular formula is C15H18ClN5O2. The molecule has 8 heteroatoms. The van der Waals surface area contributed by atoms with Crippen LogP contribution in [-0.4, -0.2) is 44.2 Å². The molecule has 3 heterocycles. The second-order valence-corrected chi connectivity index (χ2v) is 6.00. The molecular weight excluding hydrogens is 318 g/mol. The van der Waals surface area contributed by atoms with E-state index in [0.717, 1.165) is 0 Å². The van der Waals surface area contributed by atoms with Crippen LogP contribution in [0.15, 0.2) is 24.4 Å². The lowest BCUT2D eigenvalue weighted by molar-refractivity contribution is 0.0444. The molecule has 1 atom stereocenters. The van der Waals surface area contributed by atoms with Crippen LogP contribution in [0.25, 0.3) is 0 Å². The number of halogens is 1. The Balaban J connectivity index is 1.62. The predicted octanol–water partition coefficient (Wildman–Crippen LogP) is 1.63. The van der Waals surface area contributed by atoms with Crippen LogP contribution < -0.4 is 5.73 Å². The molecule has 0 spiro atoms. The third-order valence-corrected chi connectivity index (χ3v) is 4.59. The van der Waals surface area contributed by atoms with Gasteiger partial charge in [-0.1, -0.05) is 17.7 Å². The Morgan fingerprint density at radius 1 is 1.43 bits per heavy atom. The molecule has 3 rings (SSSR count). The van der Waals surface area contributed by atoms with Gasteiger partial charge in [0.1, 0.15) is 10.7 Å². The van der Waals surface area contributed by atoms with Crippen molar-refractivity contribution in [2.24, 2.45) is 5.92 Å². The molecule has 4 N–H and O–H groups in total. The van der Waals surface area contributed by atoms with Crippen molar-refractivity contribution in [2.75, 3.05) is 18.8 Å². The molecule has 0 aromatic carbocycles. The number of nitrogens with zero attached hydrogens (tertiary/aromatic N) is 3. The Morgan fingerprint density at radius 3 is 2.74 bits per heavy atom. The third kappa shape index (κ3) is 3.16. The summed E-state index contributed by atoms with van der Waals surface area (Å²) in [5.41, 5.74) is 6.43. The van der Waals surface area contributed by atoms with Crippen molar-refractivity contribution in [1.29, 1.82) is 0 Å². The van der Waals surface area contributed by atoms with Crippen LogP contribution in [0.5, 0.6) is 0 Å². The number of aromatic nitrogens is 3. The number of nitrogen functional groups attached to an aromatic ring is 1. The number of amides is 1. The lowest BCUT2D eigenvalue weighted by atomic mass is 9.89. The van der Waals surface area contributed by atoms with E-state index in [4.69, 9.17) is 17.3 Å². The highest BCUT2D eigenvalue weighted by molar-refractivity contribution is 6.35. The summed E-state index contributed by atoms with van der Waals surface area (Å²) in [4.78, 5) is 18.3. The zero-order valence-corrected chi connectivity index (χ0v) is 13.2. The van der Waals surface area contributed by atoms with Crippen molar-refractivity contribution in [2.45, 2.75) is 18.9 Å². The van der Waals surface area contributed by atoms with Gasteiger partial charge in [-0.2, -0.15) is 5.10 Å². The lowest BCUT2D eigenvalue weighted by Gasteiger charge is -2.33. The number of carbonyl (C=O) groups is 1. The highest BCUT2D eigenvalue weighted by Crippen LogP contribution is 2.31. The number of hydrogen-bond acceptors (Lipinski definition) is 5. The van der Waals surface area contributed by atoms with E-state index < -0.39 is 6.10 Å². The smallest absolute Gasteiger partial charge is 0.273 e. The molecule has 122 valence electrons. The molecule has 2 aromatic heterocycles. The Morgan fingerprint density at radius 2 is 2.17 bits per heavy atom. The number of aliphatic hydroxyl groups is 1. The van der Waals surface area contributed by atoms with Crippen molar-refractivity contribution >= 4 is 23.3 Å². The summed E-state index contributed by atoms with van der Waals surface area (Å²) >= 11 is 5.97. The van der Waals surface area contributed by atoms with E-state index in [1.807, 2.05) is 18.2 Å². The van der Waals surface area contributed by atoms with E-state index in [1.54, 1.807) is 11.1 Å². The van der Waals surface area contributed by atoms with Crippen LogP contribution in [-0.2, 0) is 0 Å². The van der Waals surface area contributed by atoms with Crippen LogP contribution in [0.3, 0.4) is 0 Å². The molecule has 0 radical (unpaired) electrons. The van der Waals surface area contributed by atoms with Crippen LogP contribution in [0, 0.1) is 5.92 Å². The number of likely N-dealkylation sites (tertiary alicyclic amines) is 1. The van der Waals surface area contributed by atoms with Crippen LogP contribution >= 0.6 is 11.6 Å². The topological polar surface area (TPSA) is 108 Å². The number of pyridine rings is 1. The SMILES string of the molecule is Nc1n[nH]c(C(=O)N2CCC([C@H](O)c3ccccn3)CC2)c1Cl. The molecule has 0 unspecified atom stereocenters. The molecule has 0 saturated carbocycles. The zero-order chi connectivity index (χ0) is 16.4. The van der Waals surface area contributed by atoms with Gasteiger partial charge in [0, 0.05) is 19.3 Å². The average molecular weight is 336 g/mol. The number of anilines is 1. The Bertz CT molecular complexity index is 682. The molecule has 7 nitrogen and oxygen atoms in total. The van der Waals surface area contributed by atoms with E-state index in [9.17, 15) is 9.90 Å². The van der Waals surface area contributed by atoms with Gasteiger partial charge < -0.3 is 15.7 Å². The highest BCUT2D eigenvalue weighted by Gasteiger charge is 2.30. The number of hydrogen-bond donors (Lipinski definition) is 3. The van der Waals surface area contributed by atoms with Gasteiger partial charge in [-0.15, -0.1) is 0 Å². The maximum absolute atomic E-state index is 12.4. The molecule has 0 aliphatic carbocycles. The monoisotopic (exact) mass is 335 g/mol.